The van der Waals surface area contributed by atoms with Gasteiger partial charge in [-0.1, -0.05) is 23.3 Å². The Morgan fingerprint density at radius 3 is 2.56 bits per heavy atom. The minimum absolute atomic E-state index is 0.0547. The number of rotatable bonds is 2. The molecule has 4 heteroatoms. The van der Waals surface area contributed by atoms with Crippen molar-refractivity contribution < 1.29 is 19.4 Å². The molecule has 0 aromatic carbocycles. The molecular formula is C21H32O4. The van der Waals surface area contributed by atoms with Gasteiger partial charge in [0, 0.05) is 13.0 Å². The van der Waals surface area contributed by atoms with Gasteiger partial charge in [-0.05, 0) is 64.5 Å². The van der Waals surface area contributed by atoms with Crippen LogP contribution < -0.4 is 0 Å². The van der Waals surface area contributed by atoms with Crippen LogP contribution in [0.3, 0.4) is 0 Å². The second kappa shape index (κ2) is 9.35. The molecule has 25 heavy (non-hydrogen) atoms. The normalized spacial score (nSPS) is 38.3. The molecule has 0 amide bonds. The Morgan fingerprint density at radius 1 is 1.16 bits per heavy atom. The Kier molecular flexibility index (Phi) is 7.45. The van der Waals surface area contributed by atoms with Crippen LogP contribution in [0.25, 0.3) is 0 Å². The second-order valence-electron chi connectivity index (χ2n) is 7.47. The third-order valence-corrected chi connectivity index (χ3v) is 5.35. The van der Waals surface area contributed by atoms with E-state index in [1.807, 2.05) is 6.92 Å². The van der Waals surface area contributed by atoms with Crippen molar-refractivity contribution in [2.24, 2.45) is 11.8 Å². The lowest BCUT2D eigenvalue weighted by atomic mass is 9.83. The van der Waals surface area contributed by atoms with Gasteiger partial charge < -0.3 is 14.6 Å². The smallest absolute Gasteiger partial charge is 0.312 e. The molecule has 1 aliphatic heterocycles. The summed E-state index contributed by atoms with van der Waals surface area (Å²) in [5, 5.41) is 10.6. The molecule has 0 radical (unpaired) electrons. The number of carbonyl (C=O) groups is 1. The predicted molar refractivity (Wildman–Crippen MR) is 99.1 cm³/mol. The fourth-order valence-corrected chi connectivity index (χ4v) is 3.66. The first kappa shape index (κ1) is 19.9. The van der Waals surface area contributed by atoms with Crippen molar-refractivity contribution in [3.8, 4) is 0 Å². The van der Waals surface area contributed by atoms with Gasteiger partial charge in [-0.2, -0.15) is 0 Å². The molecule has 0 bridgehead atoms. The lowest BCUT2D eigenvalue weighted by Gasteiger charge is -2.23. The minimum Gasteiger partial charge on any atom is -0.458 e. The first-order chi connectivity index (χ1) is 11.9. The van der Waals surface area contributed by atoms with Crippen LogP contribution in [0.1, 0.15) is 52.9 Å². The van der Waals surface area contributed by atoms with Crippen LogP contribution in [-0.4, -0.2) is 37.0 Å². The van der Waals surface area contributed by atoms with Gasteiger partial charge in [0.05, 0.1) is 18.6 Å². The molecule has 4 nitrogen and oxygen atoms in total. The highest BCUT2D eigenvalue weighted by Gasteiger charge is 2.44. The summed E-state index contributed by atoms with van der Waals surface area (Å²) < 4.78 is 10.9. The number of aliphatic hydroxyl groups excluding tert-OH is 1. The van der Waals surface area contributed by atoms with Crippen LogP contribution in [0, 0.1) is 11.8 Å². The average molecular weight is 348 g/mol. The van der Waals surface area contributed by atoms with E-state index in [9.17, 15) is 9.90 Å². The minimum atomic E-state index is -0.553. The fourth-order valence-electron chi connectivity index (χ4n) is 3.66. The summed E-state index contributed by atoms with van der Waals surface area (Å²) in [7, 11) is 1.60. The van der Waals surface area contributed by atoms with Crippen molar-refractivity contribution >= 4 is 5.97 Å². The number of carbonyl (C=O) groups excluding carboxylic acids is 1. The van der Waals surface area contributed by atoms with Crippen molar-refractivity contribution in [3.05, 3.63) is 34.9 Å². The number of fused-ring (bicyclic) bond motifs is 1. The maximum Gasteiger partial charge on any atom is 0.312 e. The van der Waals surface area contributed by atoms with Gasteiger partial charge in [0.2, 0.25) is 0 Å². The summed E-state index contributed by atoms with van der Waals surface area (Å²) in [6, 6.07) is 0. The number of hydrogen-bond acceptors (Lipinski definition) is 4. The van der Waals surface area contributed by atoms with Crippen molar-refractivity contribution in [2.75, 3.05) is 13.7 Å². The first-order valence-electron chi connectivity index (χ1n) is 9.29. The van der Waals surface area contributed by atoms with Crippen LogP contribution in [0.15, 0.2) is 34.9 Å². The largest absolute Gasteiger partial charge is 0.458 e. The van der Waals surface area contributed by atoms with E-state index in [2.05, 4.69) is 32.1 Å². The average Bonchev–Trinajstić information content (AvgIpc) is 2.82. The SMILES string of the molecule is COC[C@H]1C(=O)O[C@H]2/C=C(\C)CC/C=C(\C)CC/C=C(\C)[C@@H](O)C[C@H]21. The van der Waals surface area contributed by atoms with Gasteiger partial charge in [0.25, 0.3) is 0 Å². The van der Waals surface area contributed by atoms with Gasteiger partial charge in [0.15, 0.2) is 0 Å². The predicted octanol–water partition coefficient (Wildman–Crippen LogP) is 3.95. The lowest BCUT2D eigenvalue weighted by Crippen LogP contribution is -2.28. The van der Waals surface area contributed by atoms with E-state index >= 15 is 0 Å². The van der Waals surface area contributed by atoms with Crippen molar-refractivity contribution in [2.45, 2.75) is 65.1 Å². The zero-order valence-electron chi connectivity index (χ0n) is 16.0. The molecule has 1 fully saturated rings. The number of methoxy groups -OCH3 is 1. The topological polar surface area (TPSA) is 55.8 Å². The Hall–Kier alpha value is -1.39. The van der Waals surface area contributed by atoms with Crippen LogP contribution in [0.5, 0.6) is 0 Å². The molecule has 0 saturated carbocycles. The summed E-state index contributed by atoms with van der Waals surface area (Å²) in [5.41, 5.74) is 3.58. The van der Waals surface area contributed by atoms with E-state index in [1.165, 1.54) is 11.1 Å². The standard InChI is InChI=1S/C21H32O4/c1-14-7-5-9-15(2)11-20-17(18(13-24-4)21(23)25-20)12-19(22)16(3)10-6-8-14/h7,10-11,17-20,22H,5-6,8-9,12-13H2,1-4H3/b14-7+,15-11+,16-10+/t17-,18+,19-,20-/m0/s1. The molecule has 2 rings (SSSR count). The van der Waals surface area contributed by atoms with Gasteiger partial charge in [-0.25, -0.2) is 0 Å². The fraction of sp³-hybridized carbons (Fsp3) is 0.667. The molecule has 1 N–H and O–H groups in total. The molecule has 0 unspecified atom stereocenters. The number of ether oxygens (including phenoxy) is 2. The van der Waals surface area contributed by atoms with E-state index in [4.69, 9.17) is 9.47 Å². The molecule has 0 aromatic heterocycles. The third kappa shape index (κ3) is 5.55. The Balaban J connectivity index is 2.28. The van der Waals surface area contributed by atoms with E-state index in [-0.39, 0.29) is 23.9 Å². The Bertz CT molecular complexity index is 558. The summed E-state index contributed by atoms with van der Waals surface area (Å²) >= 11 is 0. The lowest BCUT2D eigenvalue weighted by molar-refractivity contribution is -0.144. The monoisotopic (exact) mass is 348 g/mol. The van der Waals surface area contributed by atoms with Crippen LogP contribution in [0.2, 0.25) is 0 Å². The maximum absolute atomic E-state index is 12.3. The Morgan fingerprint density at radius 2 is 1.84 bits per heavy atom. The molecule has 0 spiro atoms. The highest BCUT2D eigenvalue weighted by Crippen LogP contribution is 2.35. The van der Waals surface area contributed by atoms with E-state index in [0.717, 1.165) is 31.3 Å². The molecular weight excluding hydrogens is 316 g/mol. The zero-order valence-corrected chi connectivity index (χ0v) is 16.0. The molecule has 2 aliphatic rings. The van der Waals surface area contributed by atoms with Crippen molar-refractivity contribution in [1.29, 1.82) is 0 Å². The van der Waals surface area contributed by atoms with Crippen molar-refractivity contribution in [1.82, 2.24) is 0 Å². The molecule has 1 saturated heterocycles. The number of hydrogen-bond donors (Lipinski definition) is 1. The number of allylic oxidation sites excluding steroid dienone is 4. The zero-order chi connectivity index (χ0) is 18.4. The summed E-state index contributed by atoms with van der Waals surface area (Å²) in [4.78, 5) is 12.3. The van der Waals surface area contributed by atoms with Crippen LogP contribution in [0.4, 0.5) is 0 Å². The molecule has 140 valence electrons. The van der Waals surface area contributed by atoms with Gasteiger partial charge in [0.1, 0.15) is 6.10 Å². The second-order valence-corrected chi connectivity index (χ2v) is 7.47. The summed E-state index contributed by atoms with van der Waals surface area (Å²) in [6.45, 7) is 6.55. The van der Waals surface area contributed by atoms with Gasteiger partial charge >= 0.3 is 5.97 Å². The van der Waals surface area contributed by atoms with Gasteiger partial charge in [-0.3, -0.25) is 4.79 Å². The molecule has 0 aromatic rings. The summed E-state index contributed by atoms with van der Waals surface area (Å²) in [5.74, 6) is -0.577. The maximum atomic E-state index is 12.3. The highest BCUT2D eigenvalue weighted by molar-refractivity contribution is 5.75. The van der Waals surface area contributed by atoms with Gasteiger partial charge in [-0.15, -0.1) is 0 Å². The molecule has 1 aliphatic carbocycles. The Labute approximate surface area is 151 Å². The van der Waals surface area contributed by atoms with E-state index < -0.39 is 6.10 Å². The first-order valence-corrected chi connectivity index (χ1v) is 9.29. The number of aliphatic hydroxyl groups is 1. The van der Waals surface area contributed by atoms with Crippen molar-refractivity contribution in [3.63, 3.8) is 0 Å². The third-order valence-electron chi connectivity index (χ3n) is 5.35. The number of esters is 1. The highest BCUT2D eigenvalue weighted by atomic mass is 16.6. The van der Waals surface area contributed by atoms with E-state index in [1.54, 1.807) is 7.11 Å². The summed E-state index contributed by atoms with van der Waals surface area (Å²) in [6.07, 6.45) is 10.1. The molecule has 4 atom stereocenters. The van der Waals surface area contributed by atoms with E-state index in [0.29, 0.717) is 13.0 Å². The van der Waals surface area contributed by atoms with Crippen LogP contribution in [-0.2, 0) is 14.3 Å². The van der Waals surface area contributed by atoms with Crippen LogP contribution >= 0.6 is 0 Å². The molecule has 1 heterocycles. The quantitative estimate of drug-likeness (QED) is 0.606.